The molecule has 0 atom stereocenters. The Balaban J connectivity index is 2.10. The maximum Gasteiger partial charge on any atom is 0.314 e. The number of nitrogens with two attached hydrogens (primary N) is 1. The van der Waals surface area contributed by atoms with E-state index in [-0.39, 0.29) is 17.0 Å². The van der Waals surface area contributed by atoms with Crippen molar-refractivity contribution in [1.29, 1.82) is 0 Å². The number of nitro groups is 1. The van der Waals surface area contributed by atoms with E-state index in [1.165, 1.54) is 26.0 Å². The first-order chi connectivity index (χ1) is 10.0. The summed E-state index contributed by atoms with van der Waals surface area (Å²) in [4.78, 5) is 10.7. The summed E-state index contributed by atoms with van der Waals surface area (Å²) in [7, 11) is 1.47. The summed E-state index contributed by atoms with van der Waals surface area (Å²) in [6, 6.07) is 4.58. The third-order valence-electron chi connectivity index (χ3n) is 3.98. The fourth-order valence-corrected chi connectivity index (χ4v) is 2.69. The van der Waals surface area contributed by atoms with Gasteiger partial charge in [-0.2, -0.15) is 0 Å². The summed E-state index contributed by atoms with van der Waals surface area (Å²) in [5.41, 5.74) is 5.89. The van der Waals surface area contributed by atoms with Crippen molar-refractivity contribution in [2.45, 2.75) is 44.1 Å². The van der Waals surface area contributed by atoms with Crippen molar-refractivity contribution in [2.75, 3.05) is 13.7 Å². The molecule has 1 saturated carbocycles. The van der Waals surface area contributed by atoms with Crippen LogP contribution in [0.3, 0.4) is 0 Å². The minimum Gasteiger partial charge on any atom is -0.496 e. The quantitative estimate of drug-likeness (QED) is 0.512. The van der Waals surface area contributed by atoms with Gasteiger partial charge in [-0.1, -0.05) is 25.7 Å². The van der Waals surface area contributed by atoms with E-state index in [0.717, 1.165) is 25.7 Å². The van der Waals surface area contributed by atoms with Gasteiger partial charge in [0.05, 0.1) is 23.6 Å². The number of rotatable bonds is 5. The Morgan fingerprint density at radius 3 is 2.52 bits per heavy atom. The van der Waals surface area contributed by atoms with Crippen molar-refractivity contribution in [2.24, 2.45) is 5.73 Å². The fourth-order valence-electron chi connectivity index (χ4n) is 2.69. The number of benzene rings is 1. The normalized spacial score (nSPS) is 17.8. The lowest BCUT2D eigenvalue weighted by Gasteiger charge is -2.27. The van der Waals surface area contributed by atoms with Gasteiger partial charge in [0.15, 0.2) is 5.75 Å². The Hall–Kier alpha value is -1.82. The lowest BCUT2D eigenvalue weighted by Crippen LogP contribution is -2.45. The molecule has 0 radical (unpaired) electrons. The summed E-state index contributed by atoms with van der Waals surface area (Å²) in [6.07, 6.45) is 6.37. The highest BCUT2D eigenvalue weighted by Crippen LogP contribution is 2.33. The largest absolute Gasteiger partial charge is 0.496 e. The molecule has 1 aromatic carbocycles. The van der Waals surface area contributed by atoms with Crippen molar-refractivity contribution in [1.82, 2.24) is 0 Å². The van der Waals surface area contributed by atoms with Crippen LogP contribution in [0.4, 0.5) is 5.69 Å². The molecular weight excluding hydrogens is 272 g/mol. The molecular formula is C15H22N2O4. The predicted molar refractivity (Wildman–Crippen MR) is 79.8 cm³/mol. The van der Waals surface area contributed by atoms with Crippen molar-refractivity contribution in [3.05, 3.63) is 28.3 Å². The van der Waals surface area contributed by atoms with Crippen molar-refractivity contribution in [3.63, 3.8) is 0 Å². The SMILES string of the molecule is COc1ccc(OCC2(N)CCCCCC2)c([N+](=O)[O-])c1. The lowest BCUT2D eigenvalue weighted by molar-refractivity contribution is -0.386. The smallest absolute Gasteiger partial charge is 0.314 e. The van der Waals surface area contributed by atoms with E-state index in [1.807, 2.05) is 0 Å². The molecule has 0 heterocycles. The summed E-state index contributed by atoms with van der Waals surface area (Å²) in [6.45, 7) is 0.306. The van der Waals surface area contributed by atoms with Crippen LogP contribution in [-0.4, -0.2) is 24.2 Å². The fraction of sp³-hybridized carbons (Fsp3) is 0.600. The van der Waals surface area contributed by atoms with Crippen LogP contribution in [0.2, 0.25) is 0 Å². The maximum absolute atomic E-state index is 11.1. The molecule has 2 rings (SSSR count). The van der Waals surface area contributed by atoms with Gasteiger partial charge in [-0.05, 0) is 25.0 Å². The van der Waals surface area contributed by atoms with E-state index in [9.17, 15) is 10.1 Å². The molecule has 2 N–H and O–H groups in total. The molecule has 1 aliphatic rings. The maximum atomic E-state index is 11.1. The number of nitro benzene ring substituents is 1. The van der Waals surface area contributed by atoms with Crippen LogP contribution >= 0.6 is 0 Å². The van der Waals surface area contributed by atoms with Crippen LogP contribution in [0, 0.1) is 10.1 Å². The molecule has 0 spiro atoms. The second kappa shape index (κ2) is 6.76. The standard InChI is InChI=1S/C15H22N2O4/c1-20-12-6-7-14(13(10-12)17(18)19)21-11-15(16)8-4-2-3-5-9-15/h6-7,10H,2-5,8-9,11,16H2,1H3. The first-order valence-corrected chi connectivity index (χ1v) is 7.28. The van der Waals surface area contributed by atoms with E-state index in [2.05, 4.69) is 0 Å². The molecule has 0 amide bonds. The third kappa shape index (κ3) is 4.07. The average molecular weight is 294 g/mol. The minimum absolute atomic E-state index is 0.0911. The number of methoxy groups -OCH3 is 1. The number of ether oxygens (including phenoxy) is 2. The van der Waals surface area contributed by atoms with Crippen molar-refractivity contribution >= 4 is 5.69 Å². The number of hydrogen-bond acceptors (Lipinski definition) is 5. The highest BCUT2D eigenvalue weighted by Gasteiger charge is 2.28. The summed E-state index contributed by atoms with van der Waals surface area (Å²) < 4.78 is 10.7. The van der Waals surface area contributed by atoms with Crippen molar-refractivity contribution < 1.29 is 14.4 Å². The summed E-state index contributed by atoms with van der Waals surface area (Å²) in [5, 5.41) is 11.1. The van der Waals surface area contributed by atoms with Gasteiger partial charge in [0, 0.05) is 0 Å². The highest BCUT2D eigenvalue weighted by atomic mass is 16.6. The minimum atomic E-state index is -0.464. The molecule has 0 bridgehead atoms. The average Bonchev–Trinajstić information content (AvgIpc) is 2.70. The molecule has 1 aliphatic carbocycles. The molecule has 0 unspecified atom stereocenters. The molecule has 0 aliphatic heterocycles. The first kappa shape index (κ1) is 15.6. The molecule has 0 aromatic heterocycles. The zero-order valence-corrected chi connectivity index (χ0v) is 12.3. The topological polar surface area (TPSA) is 87.6 Å². The van der Waals surface area contributed by atoms with Crippen LogP contribution in [-0.2, 0) is 0 Å². The van der Waals surface area contributed by atoms with E-state index in [4.69, 9.17) is 15.2 Å². The van der Waals surface area contributed by atoms with Gasteiger partial charge in [-0.3, -0.25) is 10.1 Å². The van der Waals surface area contributed by atoms with E-state index < -0.39 is 4.92 Å². The van der Waals surface area contributed by atoms with E-state index >= 15 is 0 Å². The summed E-state index contributed by atoms with van der Waals surface area (Å²) in [5.74, 6) is 0.681. The summed E-state index contributed by atoms with van der Waals surface area (Å²) >= 11 is 0. The van der Waals surface area contributed by atoms with Gasteiger partial charge in [0.1, 0.15) is 12.4 Å². The molecule has 116 valence electrons. The van der Waals surface area contributed by atoms with Crippen molar-refractivity contribution in [3.8, 4) is 11.5 Å². The zero-order chi connectivity index (χ0) is 15.3. The molecule has 0 saturated heterocycles. The molecule has 6 nitrogen and oxygen atoms in total. The Morgan fingerprint density at radius 2 is 1.95 bits per heavy atom. The van der Waals surface area contributed by atoms with Gasteiger partial charge in [-0.25, -0.2) is 0 Å². The number of nitrogens with zero attached hydrogens (tertiary/aromatic N) is 1. The number of hydrogen-bond donors (Lipinski definition) is 1. The van der Waals surface area contributed by atoms with E-state index in [0.29, 0.717) is 12.4 Å². The molecule has 1 fully saturated rings. The van der Waals surface area contributed by atoms with Gasteiger partial charge in [0.25, 0.3) is 0 Å². The highest BCUT2D eigenvalue weighted by molar-refractivity contribution is 5.50. The first-order valence-electron chi connectivity index (χ1n) is 7.28. The Bertz CT molecular complexity index is 496. The lowest BCUT2D eigenvalue weighted by atomic mass is 9.92. The van der Waals surface area contributed by atoms with Crippen LogP contribution in [0.25, 0.3) is 0 Å². The Kier molecular flexibility index (Phi) is 5.01. The van der Waals surface area contributed by atoms with Gasteiger partial charge in [-0.15, -0.1) is 0 Å². The molecule has 1 aromatic rings. The molecule has 6 heteroatoms. The Labute approximate surface area is 124 Å². The zero-order valence-electron chi connectivity index (χ0n) is 12.3. The van der Waals surface area contributed by atoms with Crippen LogP contribution in [0.5, 0.6) is 11.5 Å². The molecule has 21 heavy (non-hydrogen) atoms. The van der Waals surface area contributed by atoms with Crippen LogP contribution in [0.15, 0.2) is 18.2 Å². The van der Waals surface area contributed by atoms with Gasteiger partial charge < -0.3 is 15.2 Å². The van der Waals surface area contributed by atoms with Gasteiger partial charge >= 0.3 is 5.69 Å². The van der Waals surface area contributed by atoms with E-state index in [1.54, 1.807) is 12.1 Å². The predicted octanol–water partition coefficient (Wildman–Crippen LogP) is 3.03. The monoisotopic (exact) mass is 294 g/mol. The van der Waals surface area contributed by atoms with Crippen LogP contribution in [0.1, 0.15) is 38.5 Å². The third-order valence-corrected chi connectivity index (χ3v) is 3.98. The second-order valence-corrected chi connectivity index (χ2v) is 5.66. The van der Waals surface area contributed by atoms with Crippen LogP contribution < -0.4 is 15.2 Å². The van der Waals surface area contributed by atoms with Gasteiger partial charge in [0.2, 0.25) is 0 Å². The second-order valence-electron chi connectivity index (χ2n) is 5.66. The Morgan fingerprint density at radius 1 is 1.29 bits per heavy atom.